The van der Waals surface area contributed by atoms with Crippen LogP contribution in [0.1, 0.15) is 46.5 Å². The Bertz CT molecular complexity index is 227. The maximum absolute atomic E-state index is 11.8. The van der Waals surface area contributed by atoms with Crippen LogP contribution in [0.4, 0.5) is 0 Å². The van der Waals surface area contributed by atoms with E-state index in [1.807, 2.05) is 13.8 Å². The summed E-state index contributed by atoms with van der Waals surface area (Å²) >= 11 is 0. The molecule has 0 radical (unpaired) electrons. The molecule has 0 bridgehead atoms. The predicted octanol–water partition coefficient (Wildman–Crippen LogP) is 2.16. The number of amides is 1. The van der Waals surface area contributed by atoms with Gasteiger partial charge in [0.15, 0.2) is 0 Å². The summed E-state index contributed by atoms with van der Waals surface area (Å²) < 4.78 is 0. The zero-order chi connectivity index (χ0) is 11.7. The van der Waals surface area contributed by atoms with Gasteiger partial charge in [-0.15, -0.1) is 0 Å². The Balaban J connectivity index is 4.58. The lowest BCUT2D eigenvalue weighted by molar-refractivity contribution is -0.141. The van der Waals surface area contributed by atoms with Crippen molar-refractivity contribution in [1.82, 2.24) is 5.48 Å². The van der Waals surface area contributed by atoms with Gasteiger partial charge in [-0.05, 0) is 19.8 Å². The molecule has 0 rings (SSSR count). The summed E-state index contributed by atoms with van der Waals surface area (Å²) in [7, 11) is 0. The van der Waals surface area contributed by atoms with Crippen LogP contribution in [0.2, 0.25) is 0 Å². The van der Waals surface area contributed by atoms with Gasteiger partial charge in [0.1, 0.15) is 5.41 Å². The van der Waals surface area contributed by atoms with E-state index in [0.29, 0.717) is 19.4 Å². The molecule has 0 saturated heterocycles. The van der Waals surface area contributed by atoms with Gasteiger partial charge in [0.25, 0.3) is 5.91 Å². The molecule has 0 saturated carbocycles. The van der Waals surface area contributed by atoms with Crippen molar-refractivity contribution in [3.05, 3.63) is 0 Å². The van der Waals surface area contributed by atoms with Crippen molar-refractivity contribution >= 4 is 5.91 Å². The molecular formula is C11H20N2O2. The van der Waals surface area contributed by atoms with E-state index in [1.54, 1.807) is 6.92 Å². The highest BCUT2D eigenvalue weighted by atomic mass is 16.6. The topological polar surface area (TPSA) is 62.1 Å². The normalized spacial score (nSPS) is 10.8. The van der Waals surface area contributed by atoms with Crippen LogP contribution in [-0.4, -0.2) is 12.5 Å². The highest BCUT2D eigenvalue weighted by molar-refractivity contribution is 5.84. The average molecular weight is 212 g/mol. The summed E-state index contributed by atoms with van der Waals surface area (Å²) in [5.41, 5.74) is 1.41. The van der Waals surface area contributed by atoms with Gasteiger partial charge in [0.2, 0.25) is 0 Å². The number of hydrogen-bond acceptors (Lipinski definition) is 3. The monoisotopic (exact) mass is 212 g/mol. The number of nitrogens with one attached hydrogen (secondary N) is 1. The van der Waals surface area contributed by atoms with Gasteiger partial charge < -0.3 is 0 Å². The third-order valence-electron chi connectivity index (χ3n) is 2.31. The van der Waals surface area contributed by atoms with E-state index in [4.69, 9.17) is 10.1 Å². The van der Waals surface area contributed by atoms with Gasteiger partial charge >= 0.3 is 0 Å². The summed E-state index contributed by atoms with van der Waals surface area (Å²) in [6.45, 7) is 6.13. The number of carbonyl (C=O) groups is 1. The average Bonchev–Trinajstić information content (AvgIpc) is 2.25. The minimum Gasteiger partial charge on any atom is -0.274 e. The number of hydroxylamine groups is 1. The molecule has 0 unspecified atom stereocenters. The van der Waals surface area contributed by atoms with E-state index in [0.717, 1.165) is 12.8 Å². The first kappa shape index (κ1) is 13.9. The second-order valence-corrected chi connectivity index (χ2v) is 3.56. The second-order valence-electron chi connectivity index (χ2n) is 3.56. The van der Waals surface area contributed by atoms with Gasteiger partial charge in [-0.25, -0.2) is 5.48 Å². The third kappa shape index (κ3) is 3.88. The third-order valence-corrected chi connectivity index (χ3v) is 2.31. The lowest BCUT2D eigenvalue weighted by Gasteiger charge is -2.23. The first-order chi connectivity index (χ1) is 7.16. The quantitative estimate of drug-likeness (QED) is 0.658. The molecule has 4 heteroatoms. The maximum atomic E-state index is 11.8. The Morgan fingerprint density at radius 2 is 1.87 bits per heavy atom. The molecule has 1 amide bonds. The van der Waals surface area contributed by atoms with Crippen LogP contribution in [0.25, 0.3) is 0 Å². The summed E-state index contributed by atoms with van der Waals surface area (Å²) in [5, 5.41) is 9.14. The molecule has 0 spiro atoms. The molecule has 86 valence electrons. The molecular weight excluding hydrogens is 192 g/mol. The highest BCUT2D eigenvalue weighted by Gasteiger charge is 2.37. The van der Waals surface area contributed by atoms with Crippen molar-refractivity contribution in [2.75, 3.05) is 6.61 Å². The maximum Gasteiger partial charge on any atom is 0.263 e. The second kappa shape index (κ2) is 7.24. The summed E-state index contributed by atoms with van der Waals surface area (Å²) in [5.74, 6) is -0.310. The molecule has 0 aromatic heterocycles. The zero-order valence-electron chi connectivity index (χ0n) is 9.80. The van der Waals surface area contributed by atoms with Crippen LogP contribution in [-0.2, 0) is 9.63 Å². The van der Waals surface area contributed by atoms with Crippen molar-refractivity contribution in [1.29, 1.82) is 5.26 Å². The van der Waals surface area contributed by atoms with Crippen LogP contribution in [0.3, 0.4) is 0 Å². The van der Waals surface area contributed by atoms with Crippen LogP contribution < -0.4 is 5.48 Å². The summed E-state index contributed by atoms with van der Waals surface area (Å²) in [6.07, 6.45) is 2.78. The van der Waals surface area contributed by atoms with Gasteiger partial charge in [-0.2, -0.15) is 5.26 Å². The number of rotatable bonds is 7. The Kier molecular flexibility index (Phi) is 6.72. The Hall–Kier alpha value is -1.08. The zero-order valence-corrected chi connectivity index (χ0v) is 9.80. The molecule has 0 aliphatic carbocycles. The van der Waals surface area contributed by atoms with Crippen molar-refractivity contribution in [3.8, 4) is 6.07 Å². The smallest absolute Gasteiger partial charge is 0.263 e. The largest absolute Gasteiger partial charge is 0.274 e. The van der Waals surface area contributed by atoms with E-state index in [-0.39, 0.29) is 5.91 Å². The summed E-state index contributed by atoms with van der Waals surface area (Å²) in [6, 6.07) is 2.13. The lowest BCUT2D eigenvalue weighted by Crippen LogP contribution is -2.40. The van der Waals surface area contributed by atoms with Crippen LogP contribution in [0, 0.1) is 16.7 Å². The van der Waals surface area contributed by atoms with E-state index in [2.05, 4.69) is 11.5 Å². The van der Waals surface area contributed by atoms with Gasteiger partial charge in [0.05, 0.1) is 12.7 Å². The molecule has 4 nitrogen and oxygen atoms in total. The van der Waals surface area contributed by atoms with Crippen molar-refractivity contribution in [2.45, 2.75) is 46.5 Å². The number of hydrogen-bond donors (Lipinski definition) is 1. The standard InChI is InChI=1S/C11H20N2O2/c1-4-7-11(9-12,8-5-2)10(14)13-15-6-3/h4-8H2,1-3H3,(H,13,14). The van der Waals surface area contributed by atoms with Crippen LogP contribution >= 0.6 is 0 Å². The molecule has 0 fully saturated rings. The fourth-order valence-electron chi connectivity index (χ4n) is 1.60. The Labute approximate surface area is 91.6 Å². The van der Waals surface area contributed by atoms with Gasteiger partial charge in [-0.1, -0.05) is 26.7 Å². The minimum absolute atomic E-state index is 0.310. The Morgan fingerprint density at radius 1 is 1.33 bits per heavy atom. The fraction of sp³-hybridized carbons (Fsp3) is 0.818. The molecule has 1 N–H and O–H groups in total. The molecule has 0 aromatic carbocycles. The number of carbonyl (C=O) groups excluding carboxylic acids is 1. The molecule has 0 aliphatic heterocycles. The van der Waals surface area contributed by atoms with Crippen molar-refractivity contribution in [2.24, 2.45) is 5.41 Å². The van der Waals surface area contributed by atoms with E-state index in [9.17, 15) is 4.79 Å². The van der Waals surface area contributed by atoms with Crippen LogP contribution in [0.5, 0.6) is 0 Å². The molecule has 0 aliphatic rings. The number of nitriles is 1. The Morgan fingerprint density at radius 3 is 2.20 bits per heavy atom. The van der Waals surface area contributed by atoms with E-state index < -0.39 is 5.41 Å². The van der Waals surface area contributed by atoms with Gasteiger partial charge in [-0.3, -0.25) is 9.63 Å². The lowest BCUT2D eigenvalue weighted by atomic mass is 9.80. The summed E-state index contributed by atoms with van der Waals surface area (Å²) in [4.78, 5) is 16.6. The van der Waals surface area contributed by atoms with Crippen LogP contribution in [0.15, 0.2) is 0 Å². The van der Waals surface area contributed by atoms with Crippen molar-refractivity contribution < 1.29 is 9.63 Å². The number of nitrogens with zero attached hydrogens (tertiary/aromatic N) is 1. The molecule has 0 atom stereocenters. The predicted molar refractivity (Wildman–Crippen MR) is 57.6 cm³/mol. The van der Waals surface area contributed by atoms with Gasteiger partial charge in [0, 0.05) is 0 Å². The first-order valence-corrected chi connectivity index (χ1v) is 5.50. The van der Waals surface area contributed by atoms with E-state index >= 15 is 0 Å². The molecule has 0 heterocycles. The SMILES string of the molecule is CCCC(C#N)(CCC)C(=O)NOCC. The minimum atomic E-state index is -0.918. The van der Waals surface area contributed by atoms with Crippen molar-refractivity contribution in [3.63, 3.8) is 0 Å². The first-order valence-electron chi connectivity index (χ1n) is 5.50. The highest BCUT2D eigenvalue weighted by Crippen LogP contribution is 2.29. The molecule has 0 aromatic rings. The van der Waals surface area contributed by atoms with E-state index in [1.165, 1.54) is 0 Å². The molecule has 15 heavy (non-hydrogen) atoms. The fourth-order valence-corrected chi connectivity index (χ4v) is 1.60.